The van der Waals surface area contributed by atoms with Crippen LogP contribution in [-0.4, -0.2) is 38.6 Å². The van der Waals surface area contributed by atoms with E-state index in [2.05, 4.69) is 15.9 Å². The first-order valence-electron chi connectivity index (χ1n) is 8.85. The average molecular weight is 451 g/mol. The van der Waals surface area contributed by atoms with E-state index in [4.69, 9.17) is 0 Å². The van der Waals surface area contributed by atoms with Crippen molar-refractivity contribution in [2.75, 3.05) is 23.7 Å². The highest BCUT2D eigenvalue weighted by atomic mass is 79.9. The Bertz CT molecular complexity index is 946. The molecule has 2 aromatic carbocycles. The Morgan fingerprint density at radius 2 is 1.96 bits per heavy atom. The Hall–Kier alpha value is -1.86. The zero-order valence-corrected chi connectivity index (χ0v) is 17.8. The molecule has 5 nitrogen and oxygen atoms in total. The molecule has 0 spiro atoms. The van der Waals surface area contributed by atoms with Gasteiger partial charge in [0.1, 0.15) is 6.54 Å². The van der Waals surface area contributed by atoms with Crippen molar-refractivity contribution in [1.29, 1.82) is 0 Å². The number of amides is 1. The number of sulfonamides is 1. The van der Waals surface area contributed by atoms with Crippen molar-refractivity contribution in [3.63, 3.8) is 0 Å². The Labute approximate surface area is 169 Å². The molecule has 1 aliphatic heterocycles. The SMILES string of the molecule is Cc1ccccc1N(CC(=O)N1CCCC1c1cccc(Br)c1)S(C)(=O)=O. The van der Waals surface area contributed by atoms with E-state index in [1.165, 1.54) is 4.31 Å². The first-order chi connectivity index (χ1) is 12.8. The summed E-state index contributed by atoms with van der Waals surface area (Å²) in [5.41, 5.74) is 2.43. The fourth-order valence-electron chi connectivity index (χ4n) is 3.56. The molecule has 1 saturated heterocycles. The molecule has 0 aromatic heterocycles. The summed E-state index contributed by atoms with van der Waals surface area (Å²) in [6.45, 7) is 2.30. The van der Waals surface area contributed by atoms with Crippen LogP contribution in [0, 0.1) is 6.92 Å². The second-order valence-electron chi connectivity index (χ2n) is 6.86. The molecule has 0 N–H and O–H groups in total. The lowest BCUT2D eigenvalue weighted by atomic mass is 10.0. The van der Waals surface area contributed by atoms with Gasteiger partial charge in [0.25, 0.3) is 0 Å². The maximum Gasteiger partial charge on any atom is 0.243 e. The van der Waals surface area contributed by atoms with Crippen LogP contribution < -0.4 is 4.31 Å². The van der Waals surface area contributed by atoms with Crippen molar-refractivity contribution < 1.29 is 13.2 Å². The Morgan fingerprint density at radius 1 is 1.22 bits per heavy atom. The molecule has 7 heteroatoms. The molecular weight excluding hydrogens is 428 g/mol. The summed E-state index contributed by atoms with van der Waals surface area (Å²) in [6, 6.07) is 15.1. The molecule has 1 fully saturated rings. The normalized spacial score (nSPS) is 17.1. The van der Waals surface area contributed by atoms with E-state index in [1.807, 2.05) is 43.3 Å². The summed E-state index contributed by atoms with van der Waals surface area (Å²) in [7, 11) is -3.58. The molecular formula is C20H23BrN2O3S. The summed E-state index contributed by atoms with van der Waals surface area (Å²) in [5, 5.41) is 0. The summed E-state index contributed by atoms with van der Waals surface area (Å²) < 4.78 is 26.9. The minimum Gasteiger partial charge on any atom is -0.334 e. The van der Waals surface area contributed by atoms with Gasteiger partial charge in [0, 0.05) is 11.0 Å². The van der Waals surface area contributed by atoms with Gasteiger partial charge in [0.2, 0.25) is 15.9 Å². The summed E-state index contributed by atoms with van der Waals surface area (Å²) in [4.78, 5) is 14.9. The molecule has 0 saturated carbocycles. The van der Waals surface area contributed by atoms with Crippen molar-refractivity contribution in [2.24, 2.45) is 0 Å². The lowest BCUT2D eigenvalue weighted by Gasteiger charge is -2.29. The van der Waals surface area contributed by atoms with Crippen LogP contribution in [0.3, 0.4) is 0 Å². The van der Waals surface area contributed by atoms with Crippen LogP contribution in [0.1, 0.15) is 30.0 Å². The first kappa shape index (κ1) is 19.9. The number of halogens is 1. The van der Waals surface area contributed by atoms with Crippen molar-refractivity contribution in [3.8, 4) is 0 Å². The van der Waals surface area contributed by atoms with Crippen LogP contribution in [-0.2, 0) is 14.8 Å². The standard InChI is InChI=1S/C20H23BrN2O3S/c1-15-7-3-4-10-18(15)23(27(2,25)26)14-20(24)22-12-6-11-19(22)16-8-5-9-17(21)13-16/h3-5,7-10,13,19H,6,11-12,14H2,1-2H3. The number of benzene rings is 2. The van der Waals surface area contributed by atoms with Crippen molar-refractivity contribution in [3.05, 3.63) is 64.1 Å². The fraction of sp³-hybridized carbons (Fsp3) is 0.350. The van der Waals surface area contributed by atoms with Gasteiger partial charge in [0.05, 0.1) is 18.0 Å². The number of carbonyl (C=O) groups excluding carboxylic acids is 1. The lowest BCUT2D eigenvalue weighted by molar-refractivity contribution is -0.130. The smallest absolute Gasteiger partial charge is 0.243 e. The Morgan fingerprint density at radius 3 is 2.63 bits per heavy atom. The first-order valence-corrected chi connectivity index (χ1v) is 11.5. The van der Waals surface area contributed by atoms with Crippen LogP contribution in [0.2, 0.25) is 0 Å². The van der Waals surface area contributed by atoms with E-state index in [0.717, 1.165) is 34.7 Å². The number of carbonyl (C=O) groups is 1. The summed E-state index contributed by atoms with van der Waals surface area (Å²) in [5.74, 6) is -0.175. The monoisotopic (exact) mass is 450 g/mol. The summed E-state index contributed by atoms with van der Waals surface area (Å²) >= 11 is 3.48. The van der Waals surface area contributed by atoms with Crippen molar-refractivity contribution in [1.82, 2.24) is 4.90 Å². The molecule has 0 bridgehead atoms. The van der Waals surface area contributed by atoms with E-state index in [1.54, 1.807) is 17.0 Å². The van der Waals surface area contributed by atoms with Gasteiger partial charge in [-0.05, 0) is 49.1 Å². The van der Waals surface area contributed by atoms with Gasteiger partial charge < -0.3 is 4.90 Å². The number of para-hydroxylation sites is 1. The topological polar surface area (TPSA) is 57.7 Å². The van der Waals surface area contributed by atoms with Crippen LogP contribution in [0.5, 0.6) is 0 Å². The third kappa shape index (κ3) is 4.52. The maximum atomic E-state index is 13.1. The van der Waals surface area contributed by atoms with Gasteiger partial charge in [0.15, 0.2) is 0 Å². The molecule has 0 radical (unpaired) electrons. The molecule has 1 amide bonds. The van der Waals surface area contributed by atoms with E-state index in [0.29, 0.717) is 12.2 Å². The lowest BCUT2D eigenvalue weighted by Crippen LogP contribution is -2.42. The summed E-state index contributed by atoms with van der Waals surface area (Å²) in [6.07, 6.45) is 2.93. The number of nitrogens with zero attached hydrogens (tertiary/aromatic N) is 2. The molecule has 1 heterocycles. The van der Waals surface area contributed by atoms with E-state index in [-0.39, 0.29) is 18.5 Å². The van der Waals surface area contributed by atoms with Gasteiger partial charge >= 0.3 is 0 Å². The highest BCUT2D eigenvalue weighted by Gasteiger charge is 2.32. The molecule has 1 unspecified atom stereocenters. The van der Waals surface area contributed by atoms with E-state index >= 15 is 0 Å². The molecule has 3 rings (SSSR count). The van der Waals surface area contributed by atoms with Gasteiger partial charge in [-0.2, -0.15) is 0 Å². The second-order valence-corrected chi connectivity index (χ2v) is 9.68. The third-order valence-electron chi connectivity index (χ3n) is 4.87. The average Bonchev–Trinajstić information content (AvgIpc) is 3.09. The molecule has 0 aliphatic carbocycles. The van der Waals surface area contributed by atoms with Gasteiger partial charge in [-0.1, -0.05) is 46.3 Å². The zero-order chi connectivity index (χ0) is 19.6. The van der Waals surface area contributed by atoms with Crippen molar-refractivity contribution in [2.45, 2.75) is 25.8 Å². The quantitative estimate of drug-likeness (QED) is 0.693. The molecule has 27 heavy (non-hydrogen) atoms. The Balaban J connectivity index is 1.86. The predicted molar refractivity (Wildman–Crippen MR) is 111 cm³/mol. The molecule has 1 aliphatic rings. The number of aryl methyl sites for hydroxylation is 1. The van der Waals surface area contributed by atoms with Gasteiger partial charge in [-0.25, -0.2) is 8.42 Å². The second kappa shape index (κ2) is 8.02. The van der Waals surface area contributed by atoms with Crippen LogP contribution in [0.25, 0.3) is 0 Å². The largest absolute Gasteiger partial charge is 0.334 e. The van der Waals surface area contributed by atoms with Crippen molar-refractivity contribution >= 4 is 37.5 Å². The highest BCUT2D eigenvalue weighted by Crippen LogP contribution is 2.33. The van der Waals surface area contributed by atoms with E-state index in [9.17, 15) is 13.2 Å². The van der Waals surface area contributed by atoms with Gasteiger partial charge in [-0.3, -0.25) is 9.10 Å². The predicted octanol–water partition coefficient (Wildman–Crippen LogP) is 3.89. The number of hydrogen-bond donors (Lipinski definition) is 0. The molecule has 144 valence electrons. The number of likely N-dealkylation sites (tertiary alicyclic amines) is 1. The van der Waals surface area contributed by atoms with Crippen LogP contribution >= 0.6 is 15.9 Å². The molecule has 1 atom stereocenters. The fourth-order valence-corrected chi connectivity index (χ4v) is 4.89. The third-order valence-corrected chi connectivity index (χ3v) is 6.49. The minimum atomic E-state index is -3.58. The van der Waals surface area contributed by atoms with E-state index < -0.39 is 10.0 Å². The maximum absolute atomic E-state index is 13.1. The number of rotatable bonds is 5. The Kier molecular flexibility index (Phi) is 5.91. The van der Waals surface area contributed by atoms with Crippen LogP contribution in [0.15, 0.2) is 53.0 Å². The minimum absolute atomic E-state index is 0.0201. The number of hydrogen-bond acceptors (Lipinski definition) is 3. The molecule has 2 aromatic rings. The zero-order valence-electron chi connectivity index (χ0n) is 15.4. The van der Waals surface area contributed by atoms with Crippen LogP contribution in [0.4, 0.5) is 5.69 Å². The highest BCUT2D eigenvalue weighted by molar-refractivity contribution is 9.10. The van der Waals surface area contributed by atoms with Gasteiger partial charge in [-0.15, -0.1) is 0 Å². The number of anilines is 1.